The van der Waals surface area contributed by atoms with Crippen LogP contribution in [-0.4, -0.2) is 37.2 Å². The summed E-state index contributed by atoms with van der Waals surface area (Å²) in [6, 6.07) is 12.6. The van der Waals surface area contributed by atoms with Gasteiger partial charge in [0, 0.05) is 25.2 Å². The van der Waals surface area contributed by atoms with Gasteiger partial charge in [-0.3, -0.25) is 4.79 Å². The number of carbonyl (C=O) groups excluding carboxylic acids is 2. The molecule has 2 amide bonds. The number of alkyl halides is 3. The van der Waals surface area contributed by atoms with E-state index < -0.39 is 23.7 Å². The van der Waals surface area contributed by atoms with Crippen molar-refractivity contribution in [3.8, 4) is 16.9 Å². The molecule has 0 radical (unpaired) electrons. The number of hydrogen-bond acceptors (Lipinski definition) is 4. The summed E-state index contributed by atoms with van der Waals surface area (Å²) in [4.78, 5) is 27.2. The molecular formula is C29H29Cl2F3N2O4. The molecule has 0 aliphatic rings. The maximum Gasteiger partial charge on any atom is 0.416 e. The number of amides is 2. The highest BCUT2D eigenvalue weighted by molar-refractivity contribution is 6.42. The third kappa shape index (κ3) is 7.82. The summed E-state index contributed by atoms with van der Waals surface area (Å²) in [6.07, 6.45) is -4.59. The van der Waals surface area contributed by atoms with Crippen molar-refractivity contribution in [2.24, 2.45) is 0 Å². The summed E-state index contributed by atoms with van der Waals surface area (Å²) in [5.41, 5.74) is 1.99. The number of ether oxygens (including phenoxy) is 2. The van der Waals surface area contributed by atoms with Crippen LogP contribution in [0.25, 0.3) is 11.1 Å². The van der Waals surface area contributed by atoms with E-state index in [9.17, 15) is 22.8 Å². The van der Waals surface area contributed by atoms with Crippen LogP contribution in [-0.2, 0) is 35.2 Å². The van der Waals surface area contributed by atoms with Gasteiger partial charge in [0.15, 0.2) is 0 Å². The molecule has 214 valence electrons. The van der Waals surface area contributed by atoms with Crippen molar-refractivity contribution in [3.63, 3.8) is 0 Å². The number of nitrogens with one attached hydrogen (secondary N) is 1. The lowest BCUT2D eigenvalue weighted by Gasteiger charge is -2.26. The van der Waals surface area contributed by atoms with E-state index in [0.29, 0.717) is 44.6 Å². The largest absolute Gasteiger partial charge is 0.496 e. The predicted molar refractivity (Wildman–Crippen MR) is 149 cm³/mol. The van der Waals surface area contributed by atoms with Gasteiger partial charge >= 0.3 is 18.2 Å². The van der Waals surface area contributed by atoms with Crippen molar-refractivity contribution >= 4 is 35.2 Å². The van der Waals surface area contributed by atoms with Gasteiger partial charge in [0.1, 0.15) is 5.75 Å². The minimum atomic E-state index is -4.50. The standard InChI is InChI=1S/C29H29Cl2F3N2O4/c1-4-36(28(38)35-16-18-6-12-23(30)24(31)14-18)17-22-20(15-26(37)40-5-2)9-13-25(39-3)27(22)19-7-10-21(11-8-19)29(32,33)34/h6-14H,4-5,15-17H2,1-3H3,(H,35,38). The Bertz CT molecular complexity index is 1350. The Kier molecular flexibility index (Phi) is 10.7. The Hall–Kier alpha value is -3.43. The maximum absolute atomic E-state index is 13.2. The molecule has 0 spiro atoms. The zero-order chi connectivity index (χ0) is 29.4. The van der Waals surface area contributed by atoms with E-state index in [-0.39, 0.29) is 26.1 Å². The van der Waals surface area contributed by atoms with E-state index in [1.807, 2.05) is 0 Å². The molecule has 40 heavy (non-hydrogen) atoms. The minimum absolute atomic E-state index is 0.0476. The van der Waals surface area contributed by atoms with E-state index >= 15 is 0 Å². The highest BCUT2D eigenvalue weighted by atomic mass is 35.5. The van der Waals surface area contributed by atoms with Gasteiger partial charge in [-0.25, -0.2) is 4.79 Å². The number of urea groups is 1. The van der Waals surface area contributed by atoms with Crippen LogP contribution < -0.4 is 10.1 Å². The number of nitrogens with zero attached hydrogens (tertiary/aromatic N) is 1. The summed E-state index contributed by atoms with van der Waals surface area (Å²) < 4.78 is 50.4. The number of methoxy groups -OCH3 is 1. The first-order chi connectivity index (χ1) is 19.0. The fourth-order valence-corrected chi connectivity index (χ4v) is 4.47. The fourth-order valence-electron chi connectivity index (χ4n) is 4.15. The average Bonchev–Trinajstić information content (AvgIpc) is 2.92. The summed E-state index contributed by atoms with van der Waals surface area (Å²) in [7, 11) is 1.44. The number of hydrogen-bond donors (Lipinski definition) is 1. The average molecular weight is 597 g/mol. The summed E-state index contributed by atoms with van der Waals surface area (Å²) >= 11 is 12.1. The molecule has 0 aromatic heterocycles. The van der Waals surface area contributed by atoms with Crippen LogP contribution in [0.3, 0.4) is 0 Å². The molecule has 0 atom stereocenters. The van der Waals surface area contributed by atoms with Gasteiger partial charge in [-0.2, -0.15) is 13.2 Å². The third-order valence-corrected chi connectivity index (χ3v) is 6.92. The number of benzene rings is 3. The molecule has 0 unspecified atom stereocenters. The lowest BCUT2D eigenvalue weighted by Crippen LogP contribution is -2.39. The topological polar surface area (TPSA) is 67.9 Å². The quantitative estimate of drug-likeness (QED) is 0.246. The molecule has 3 rings (SSSR count). The first-order valence-corrected chi connectivity index (χ1v) is 13.2. The number of halogens is 5. The van der Waals surface area contributed by atoms with Crippen molar-refractivity contribution in [2.45, 2.75) is 39.5 Å². The predicted octanol–water partition coefficient (Wildman–Crippen LogP) is 7.53. The first-order valence-electron chi connectivity index (χ1n) is 12.5. The summed E-state index contributed by atoms with van der Waals surface area (Å²) in [5, 5.41) is 3.61. The highest BCUT2D eigenvalue weighted by Gasteiger charge is 2.30. The van der Waals surface area contributed by atoms with Crippen molar-refractivity contribution in [3.05, 3.63) is 86.9 Å². The Morgan fingerprint density at radius 1 is 0.975 bits per heavy atom. The number of esters is 1. The second-order valence-electron chi connectivity index (χ2n) is 8.76. The van der Waals surface area contributed by atoms with Crippen LogP contribution in [0.4, 0.5) is 18.0 Å². The van der Waals surface area contributed by atoms with Gasteiger partial charge in [0.25, 0.3) is 0 Å². The zero-order valence-electron chi connectivity index (χ0n) is 22.2. The van der Waals surface area contributed by atoms with Crippen molar-refractivity contribution in [1.82, 2.24) is 10.2 Å². The molecule has 1 N–H and O–H groups in total. The number of rotatable bonds is 10. The fraction of sp³-hybridized carbons (Fsp3) is 0.310. The lowest BCUT2D eigenvalue weighted by atomic mass is 9.92. The van der Waals surface area contributed by atoms with Gasteiger partial charge in [-0.1, -0.05) is 47.5 Å². The Labute approximate surface area is 241 Å². The molecule has 0 saturated carbocycles. The highest BCUT2D eigenvalue weighted by Crippen LogP contribution is 2.38. The smallest absolute Gasteiger partial charge is 0.416 e. The van der Waals surface area contributed by atoms with E-state index in [1.54, 1.807) is 44.2 Å². The van der Waals surface area contributed by atoms with Crippen LogP contribution in [0.2, 0.25) is 10.0 Å². The van der Waals surface area contributed by atoms with Gasteiger partial charge in [0.05, 0.1) is 35.7 Å². The Morgan fingerprint density at radius 2 is 1.68 bits per heavy atom. The van der Waals surface area contributed by atoms with Gasteiger partial charge in [-0.15, -0.1) is 0 Å². The van der Waals surface area contributed by atoms with Crippen LogP contribution >= 0.6 is 23.2 Å². The molecule has 6 nitrogen and oxygen atoms in total. The van der Waals surface area contributed by atoms with Crippen molar-refractivity contribution in [1.29, 1.82) is 0 Å². The Morgan fingerprint density at radius 3 is 2.25 bits per heavy atom. The van der Waals surface area contributed by atoms with Gasteiger partial charge in [0.2, 0.25) is 0 Å². The SMILES string of the molecule is CCOC(=O)Cc1ccc(OC)c(-c2ccc(C(F)(F)F)cc2)c1CN(CC)C(=O)NCc1ccc(Cl)c(Cl)c1. The minimum Gasteiger partial charge on any atom is -0.496 e. The molecule has 0 heterocycles. The van der Waals surface area contributed by atoms with E-state index in [1.165, 1.54) is 24.1 Å². The normalized spacial score (nSPS) is 11.2. The molecule has 0 saturated heterocycles. The lowest BCUT2D eigenvalue weighted by molar-refractivity contribution is -0.142. The van der Waals surface area contributed by atoms with E-state index in [4.69, 9.17) is 32.7 Å². The third-order valence-electron chi connectivity index (χ3n) is 6.18. The molecule has 0 bridgehead atoms. The molecule has 3 aromatic carbocycles. The van der Waals surface area contributed by atoms with Crippen molar-refractivity contribution in [2.75, 3.05) is 20.3 Å². The second-order valence-corrected chi connectivity index (χ2v) is 9.57. The van der Waals surface area contributed by atoms with Crippen LogP contribution in [0.1, 0.15) is 36.1 Å². The summed E-state index contributed by atoms with van der Waals surface area (Å²) in [5.74, 6) is -0.0889. The molecule has 0 aliphatic heterocycles. The second kappa shape index (κ2) is 13.8. The maximum atomic E-state index is 13.2. The first kappa shape index (κ1) is 31.1. The van der Waals surface area contributed by atoms with Gasteiger partial charge < -0.3 is 19.7 Å². The van der Waals surface area contributed by atoms with Crippen LogP contribution in [0.15, 0.2) is 54.6 Å². The zero-order valence-corrected chi connectivity index (χ0v) is 23.7. The van der Waals surface area contributed by atoms with Crippen LogP contribution in [0, 0.1) is 0 Å². The van der Waals surface area contributed by atoms with Gasteiger partial charge in [-0.05, 0) is 66.4 Å². The van der Waals surface area contributed by atoms with Crippen molar-refractivity contribution < 1.29 is 32.2 Å². The molecule has 11 heteroatoms. The van der Waals surface area contributed by atoms with E-state index in [2.05, 4.69) is 5.32 Å². The molecule has 0 fully saturated rings. The monoisotopic (exact) mass is 596 g/mol. The molecule has 3 aromatic rings. The number of carbonyl (C=O) groups is 2. The molecular weight excluding hydrogens is 568 g/mol. The summed E-state index contributed by atoms with van der Waals surface area (Å²) in [6.45, 7) is 4.21. The van der Waals surface area contributed by atoms with Crippen LogP contribution in [0.5, 0.6) is 5.75 Å². The Balaban J connectivity index is 2.01. The van der Waals surface area contributed by atoms with E-state index in [0.717, 1.165) is 17.7 Å². The molecule has 0 aliphatic carbocycles.